The van der Waals surface area contributed by atoms with Gasteiger partial charge in [-0.1, -0.05) is 52.9 Å². The topological polar surface area (TPSA) is 37.8 Å². The highest BCUT2D eigenvalue weighted by atomic mass is 35.5. The van der Waals surface area contributed by atoms with Gasteiger partial charge >= 0.3 is 0 Å². The zero-order valence-corrected chi connectivity index (χ0v) is 12.1. The third-order valence-corrected chi connectivity index (χ3v) is 4.17. The van der Waals surface area contributed by atoms with Crippen molar-refractivity contribution >= 4 is 45.5 Å². The molecule has 0 aliphatic rings. The highest BCUT2D eigenvalue weighted by molar-refractivity contribution is 8.01. The molecule has 6 heteroatoms. The Balaban J connectivity index is 1.98. The average molecular weight is 298 g/mol. The fraction of sp³-hybridized carbons (Fsp3) is 0.167. The van der Waals surface area contributed by atoms with Crippen molar-refractivity contribution in [3.63, 3.8) is 0 Å². The van der Waals surface area contributed by atoms with Crippen LogP contribution in [0.5, 0.6) is 0 Å². The monoisotopic (exact) mass is 297 g/mol. The normalized spacial score (nSPS) is 11.0. The minimum absolute atomic E-state index is 0.804. The molecular weight excluding hydrogens is 286 g/mol. The van der Waals surface area contributed by atoms with E-state index in [1.165, 1.54) is 22.4 Å². The minimum Gasteiger partial charge on any atom is -0.330 e. The quantitative estimate of drug-likeness (QED) is 0.828. The molecule has 1 aromatic heterocycles. The van der Waals surface area contributed by atoms with Gasteiger partial charge in [0.1, 0.15) is 0 Å². The number of anilines is 2. The number of thioether (sulfide) groups is 1. The fourth-order valence-corrected chi connectivity index (χ4v) is 3.12. The van der Waals surface area contributed by atoms with Crippen molar-refractivity contribution in [3.05, 3.63) is 41.4 Å². The first kappa shape index (κ1) is 13.4. The van der Waals surface area contributed by atoms with E-state index < -0.39 is 0 Å². The molecule has 0 amide bonds. The maximum atomic E-state index is 5.46. The number of hydrogen-bond acceptors (Lipinski definition) is 5. The van der Waals surface area contributed by atoms with Gasteiger partial charge in [-0.25, -0.2) is 0 Å². The second-order valence-electron chi connectivity index (χ2n) is 3.54. The lowest BCUT2D eigenvalue weighted by Crippen LogP contribution is -1.89. The molecule has 1 aromatic carbocycles. The summed E-state index contributed by atoms with van der Waals surface area (Å²) in [5.74, 6) is 0.808. The zero-order chi connectivity index (χ0) is 12.8. The zero-order valence-electron chi connectivity index (χ0n) is 9.76. The Morgan fingerprint density at radius 1 is 1.44 bits per heavy atom. The van der Waals surface area contributed by atoms with Gasteiger partial charge < -0.3 is 5.32 Å². The van der Waals surface area contributed by atoms with Crippen molar-refractivity contribution in [1.29, 1.82) is 0 Å². The molecule has 1 heterocycles. The van der Waals surface area contributed by atoms with E-state index in [4.69, 9.17) is 11.6 Å². The van der Waals surface area contributed by atoms with Crippen LogP contribution in [0.25, 0.3) is 0 Å². The van der Waals surface area contributed by atoms with Crippen molar-refractivity contribution in [2.75, 3.05) is 11.1 Å². The minimum atomic E-state index is 0.804. The van der Waals surface area contributed by atoms with E-state index in [1.54, 1.807) is 11.8 Å². The molecule has 0 saturated carbocycles. The maximum absolute atomic E-state index is 5.46. The molecule has 18 heavy (non-hydrogen) atoms. The lowest BCUT2D eigenvalue weighted by Gasteiger charge is -2.01. The number of rotatable bonds is 5. The lowest BCUT2D eigenvalue weighted by atomic mass is 10.2. The van der Waals surface area contributed by atoms with Crippen molar-refractivity contribution in [3.8, 4) is 0 Å². The van der Waals surface area contributed by atoms with E-state index >= 15 is 0 Å². The highest BCUT2D eigenvalue weighted by Crippen LogP contribution is 2.27. The number of benzene rings is 1. The largest absolute Gasteiger partial charge is 0.330 e. The first-order valence-electron chi connectivity index (χ1n) is 5.33. The van der Waals surface area contributed by atoms with Crippen LogP contribution in [0.15, 0.2) is 40.2 Å². The summed E-state index contributed by atoms with van der Waals surface area (Å²) in [5, 5.41) is 12.2. The Kier molecular flexibility index (Phi) is 5.04. The molecule has 0 aliphatic carbocycles. The first-order valence-corrected chi connectivity index (χ1v) is 7.57. The lowest BCUT2D eigenvalue weighted by molar-refractivity contribution is 1.01. The molecular formula is C12H12ClN3S2. The Morgan fingerprint density at radius 3 is 3.11 bits per heavy atom. The number of halogens is 1. The number of aromatic nitrogens is 2. The standard InChI is InChI=1S/C12H12ClN3S2/c1-9-4-2-5-10(8-9)14-11-15-16-12(18-11)17-7-3-6-13/h2-6,8H,7H2,1H3,(H,14,15)/b6-3+. The summed E-state index contributed by atoms with van der Waals surface area (Å²) >= 11 is 8.61. The Bertz CT molecular complexity index is 540. The molecule has 0 bridgehead atoms. The summed E-state index contributed by atoms with van der Waals surface area (Å²) < 4.78 is 0.930. The van der Waals surface area contributed by atoms with Gasteiger partial charge in [0, 0.05) is 17.0 Å². The molecule has 2 rings (SSSR count). The number of aryl methyl sites for hydroxylation is 1. The molecule has 0 atom stereocenters. The van der Waals surface area contributed by atoms with E-state index in [0.29, 0.717) is 0 Å². The van der Waals surface area contributed by atoms with E-state index in [2.05, 4.69) is 34.6 Å². The van der Waals surface area contributed by atoms with Crippen LogP contribution in [0.4, 0.5) is 10.8 Å². The van der Waals surface area contributed by atoms with Gasteiger partial charge in [-0.2, -0.15) is 0 Å². The molecule has 0 radical (unpaired) electrons. The first-order chi connectivity index (χ1) is 8.78. The van der Waals surface area contributed by atoms with Crippen LogP contribution in [0.1, 0.15) is 5.56 Å². The predicted octanol–water partition coefficient (Wildman–Crippen LogP) is 4.43. The van der Waals surface area contributed by atoms with E-state index in [9.17, 15) is 0 Å². The van der Waals surface area contributed by atoms with Crippen LogP contribution in [0.2, 0.25) is 0 Å². The molecule has 94 valence electrons. The van der Waals surface area contributed by atoms with Crippen LogP contribution in [0, 0.1) is 6.92 Å². The molecule has 1 N–H and O–H groups in total. The van der Waals surface area contributed by atoms with Gasteiger partial charge in [-0.05, 0) is 24.6 Å². The number of nitrogens with one attached hydrogen (secondary N) is 1. The second-order valence-corrected chi connectivity index (χ2v) is 6.04. The Morgan fingerprint density at radius 2 is 2.33 bits per heavy atom. The van der Waals surface area contributed by atoms with Crippen LogP contribution in [0.3, 0.4) is 0 Å². The number of hydrogen-bond donors (Lipinski definition) is 1. The van der Waals surface area contributed by atoms with E-state index in [0.717, 1.165) is 20.9 Å². The Labute approximate surface area is 119 Å². The summed E-state index contributed by atoms with van der Waals surface area (Å²) in [6, 6.07) is 8.16. The van der Waals surface area contributed by atoms with Crippen LogP contribution < -0.4 is 5.32 Å². The maximum Gasteiger partial charge on any atom is 0.210 e. The van der Waals surface area contributed by atoms with Gasteiger partial charge in [-0.3, -0.25) is 0 Å². The molecule has 3 nitrogen and oxygen atoms in total. The summed E-state index contributed by atoms with van der Waals surface area (Å²) in [5.41, 5.74) is 3.76. The molecule has 0 unspecified atom stereocenters. The third kappa shape index (κ3) is 4.01. The predicted molar refractivity (Wildman–Crippen MR) is 80.1 cm³/mol. The highest BCUT2D eigenvalue weighted by Gasteiger charge is 2.04. The summed E-state index contributed by atoms with van der Waals surface area (Å²) in [6.45, 7) is 2.06. The third-order valence-electron chi connectivity index (χ3n) is 2.07. The van der Waals surface area contributed by atoms with Crippen molar-refractivity contribution in [2.24, 2.45) is 0 Å². The van der Waals surface area contributed by atoms with Crippen molar-refractivity contribution in [2.45, 2.75) is 11.3 Å². The molecule has 0 fully saturated rings. The SMILES string of the molecule is Cc1cccc(Nc2nnc(SC/C=C/Cl)s2)c1. The van der Waals surface area contributed by atoms with Gasteiger partial charge in [-0.15, -0.1) is 10.2 Å². The molecule has 0 aliphatic heterocycles. The number of nitrogens with zero attached hydrogens (tertiary/aromatic N) is 2. The van der Waals surface area contributed by atoms with Crippen LogP contribution >= 0.6 is 34.7 Å². The Hall–Kier alpha value is -1.04. The molecule has 2 aromatic rings. The fourth-order valence-electron chi connectivity index (χ4n) is 1.32. The van der Waals surface area contributed by atoms with Gasteiger partial charge in [0.25, 0.3) is 0 Å². The van der Waals surface area contributed by atoms with E-state index in [-0.39, 0.29) is 0 Å². The van der Waals surface area contributed by atoms with Gasteiger partial charge in [0.2, 0.25) is 5.13 Å². The second kappa shape index (κ2) is 6.78. The van der Waals surface area contributed by atoms with Gasteiger partial charge in [0.05, 0.1) is 0 Å². The molecule has 0 saturated heterocycles. The summed E-state index contributed by atoms with van der Waals surface area (Å²) in [4.78, 5) is 0. The van der Waals surface area contributed by atoms with E-state index in [1.807, 2.05) is 18.2 Å². The van der Waals surface area contributed by atoms with Crippen molar-refractivity contribution < 1.29 is 0 Å². The van der Waals surface area contributed by atoms with Crippen LogP contribution in [-0.2, 0) is 0 Å². The van der Waals surface area contributed by atoms with Crippen molar-refractivity contribution in [1.82, 2.24) is 10.2 Å². The smallest absolute Gasteiger partial charge is 0.210 e. The summed E-state index contributed by atoms with van der Waals surface area (Å²) in [6.07, 6.45) is 1.88. The van der Waals surface area contributed by atoms with Crippen LogP contribution in [-0.4, -0.2) is 16.0 Å². The summed E-state index contributed by atoms with van der Waals surface area (Å²) in [7, 11) is 0. The molecule has 0 spiro atoms. The van der Waals surface area contributed by atoms with Gasteiger partial charge in [0.15, 0.2) is 4.34 Å². The average Bonchev–Trinajstić information content (AvgIpc) is 2.77.